The Kier molecular flexibility index (Phi) is 6.74. The molecule has 0 bridgehead atoms. The lowest BCUT2D eigenvalue weighted by molar-refractivity contribution is -0.114. The molecule has 2 aromatic carbocycles. The molecule has 2 aromatic heterocycles. The summed E-state index contributed by atoms with van der Waals surface area (Å²) in [6.07, 6.45) is 1.76. The van der Waals surface area contributed by atoms with Crippen LogP contribution >= 0.6 is 0 Å². The van der Waals surface area contributed by atoms with Gasteiger partial charge >= 0.3 is 0 Å². The minimum Gasteiger partial charge on any atom is -0.394 e. The maximum atomic E-state index is 11.7. The number of carbonyl (C=O) groups excluding carboxylic acids is 1. The van der Waals surface area contributed by atoms with Crippen LogP contribution in [0, 0.1) is 0 Å². The third-order valence-electron chi connectivity index (χ3n) is 4.86. The number of anilines is 2. The predicted octanol–water partition coefficient (Wildman–Crippen LogP) is 3.44. The average Bonchev–Trinajstić information content (AvgIpc) is 3.23. The van der Waals surface area contributed by atoms with Crippen LogP contribution in [0.5, 0.6) is 0 Å². The van der Waals surface area contributed by atoms with E-state index in [1.54, 1.807) is 10.7 Å². The minimum absolute atomic E-state index is 0.00607. The van der Waals surface area contributed by atoms with Gasteiger partial charge in [-0.15, -0.1) is 0 Å². The smallest absolute Gasteiger partial charge is 0.221 e. The van der Waals surface area contributed by atoms with Crippen LogP contribution < -0.4 is 10.6 Å². The van der Waals surface area contributed by atoms with Gasteiger partial charge in [-0.1, -0.05) is 48.5 Å². The number of ether oxygens (including phenoxy) is 1. The molecule has 0 aliphatic heterocycles. The molecule has 4 rings (SSSR count). The van der Waals surface area contributed by atoms with E-state index < -0.39 is 0 Å². The molecule has 0 spiro atoms. The summed E-state index contributed by atoms with van der Waals surface area (Å²) in [5.41, 5.74) is 4.81. The molecule has 0 radical (unpaired) electrons. The quantitative estimate of drug-likeness (QED) is 0.351. The first kappa shape index (κ1) is 21.5. The normalized spacial score (nSPS) is 10.9. The molecule has 8 heteroatoms. The number of aliphatic hydroxyl groups is 1. The van der Waals surface area contributed by atoms with E-state index in [0.29, 0.717) is 31.1 Å². The number of carbonyl (C=O) groups is 1. The second-order valence-corrected chi connectivity index (χ2v) is 7.18. The van der Waals surface area contributed by atoms with E-state index >= 15 is 0 Å². The molecular formula is C24H25N5O3. The first-order valence-corrected chi connectivity index (χ1v) is 10.4. The molecule has 8 nitrogen and oxygen atoms in total. The number of nitrogens with one attached hydrogen (secondary N) is 2. The van der Waals surface area contributed by atoms with Crippen molar-refractivity contribution in [2.75, 3.05) is 37.0 Å². The second-order valence-electron chi connectivity index (χ2n) is 7.18. The number of hydrogen-bond acceptors (Lipinski definition) is 6. The Morgan fingerprint density at radius 1 is 1.06 bits per heavy atom. The summed E-state index contributed by atoms with van der Waals surface area (Å²) >= 11 is 0. The zero-order chi connectivity index (χ0) is 22.3. The van der Waals surface area contributed by atoms with E-state index in [2.05, 4.69) is 15.7 Å². The van der Waals surface area contributed by atoms with Gasteiger partial charge in [0.05, 0.1) is 31.7 Å². The number of para-hydroxylation sites is 1. The number of nitrogens with zero attached hydrogens (tertiary/aromatic N) is 3. The van der Waals surface area contributed by atoms with Crippen LogP contribution in [-0.2, 0) is 9.53 Å². The van der Waals surface area contributed by atoms with Crippen molar-refractivity contribution in [1.82, 2.24) is 14.6 Å². The Hall–Kier alpha value is -3.75. The third-order valence-corrected chi connectivity index (χ3v) is 4.86. The van der Waals surface area contributed by atoms with Gasteiger partial charge in [0.15, 0.2) is 5.65 Å². The number of rotatable bonds is 9. The van der Waals surface area contributed by atoms with Crippen LogP contribution in [0.25, 0.3) is 28.0 Å². The van der Waals surface area contributed by atoms with Gasteiger partial charge in [-0.05, 0) is 6.07 Å². The summed E-state index contributed by atoms with van der Waals surface area (Å²) < 4.78 is 7.11. The fourth-order valence-corrected chi connectivity index (χ4v) is 3.47. The molecule has 32 heavy (non-hydrogen) atoms. The van der Waals surface area contributed by atoms with E-state index in [1.165, 1.54) is 6.92 Å². The number of hydrogen-bond donors (Lipinski definition) is 3. The van der Waals surface area contributed by atoms with Gasteiger partial charge in [-0.25, -0.2) is 4.98 Å². The number of aromatic nitrogens is 3. The van der Waals surface area contributed by atoms with Gasteiger partial charge in [0.2, 0.25) is 5.91 Å². The van der Waals surface area contributed by atoms with Crippen molar-refractivity contribution in [3.05, 3.63) is 66.9 Å². The van der Waals surface area contributed by atoms with Gasteiger partial charge in [0.1, 0.15) is 5.82 Å². The van der Waals surface area contributed by atoms with Gasteiger partial charge in [-0.2, -0.15) is 9.61 Å². The molecule has 4 aromatic rings. The topological polar surface area (TPSA) is 101 Å². The fraction of sp³-hybridized carbons (Fsp3) is 0.208. The Balaban J connectivity index is 1.79. The lowest BCUT2D eigenvalue weighted by Gasteiger charge is -2.12. The second kappa shape index (κ2) is 10.0. The van der Waals surface area contributed by atoms with Gasteiger partial charge in [-0.3, -0.25) is 4.79 Å². The monoisotopic (exact) mass is 431 g/mol. The highest BCUT2D eigenvalue weighted by Crippen LogP contribution is 2.33. The number of fused-ring (bicyclic) bond motifs is 1. The molecule has 0 atom stereocenters. The molecule has 2 heterocycles. The van der Waals surface area contributed by atoms with Crippen LogP contribution in [0.15, 0.2) is 66.9 Å². The molecule has 164 valence electrons. The van der Waals surface area contributed by atoms with Gasteiger partial charge < -0.3 is 20.5 Å². The van der Waals surface area contributed by atoms with Gasteiger partial charge in [0.25, 0.3) is 0 Å². The van der Waals surface area contributed by atoms with E-state index in [-0.39, 0.29) is 12.5 Å². The Bertz CT molecular complexity index is 1210. The van der Waals surface area contributed by atoms with Crippen molar-refractivity contribution < 1.29 is 14.6 Å². The summed E-state index contributed by atoms with van der Waals surface area (Å²) in [5, 5.41) is 19.7. The van der Waals surface area contributed by atoms with Crippen LogP contribution in [0.2, 0.25) is 0 Å². The molecule has 0 unspecified atom stereocenters. The molecule has 0 saturated heterocycles. The SMILES string of the molecule is CC(=O)Nc1ccccc1-c1cnn2c(NCCOCCO)cc(-c3ccccc3)nc12. The Morgan fingerprint density at radius 2 is 1.84 bits per heavy atom. The Morgan fingerprint density at radius 3 is 2.62 bits per heavy atom. The van der Waals surface area contributed by atoms with E-state index in [9.17, 15) is 4.79 Å². The van der Waals surface area contributed by atoms with Crippen LogP contribution in [0.4, 0.5) is 11.5 Å². The molecule has 0 aliphatic carbocycles. The maximum absolute atomic E-state index is 11.7. The highest BCUT2D eigenvalue weighted by molar-refractivity contribution is 5.96. The lowest BCUT2D eigenvalue weighted by Crippen LogP contribution is -2.14. The lowest BCUT2D eigenvalue weighted by atomic mass is 10.1. The highest BCUT2D eigenvalue weighted by atomic mass is 16.5. The highest BCUT2D eigenvalue weighted by Gasteiger charge is 2.16. The van der Waals surface area contributed by atoms with Crippen molar-refractivity contribution in [2.45, 2.75) is 6.92 Å². The van der Waals surface area contributed by atoms with Crippen LogP contribution in [0.1, 0.15) is 6.92 Å². The molecule has 0 saturated carbocycles. The molecular weight excluding hydrogens is 406 g/mol. The summed E-state index contributed by atoms with van der Waals surface area (Å²) in [5.74, 6) is 0.627. The summed E-state index contributed by atoms with van der Waals surface area (Å²) in [6, 6.07) is 19.5. The average molecular weight is 431 g/mol. The molecule has 1 amide bonds. The first-order chi connectivity index (χ1) is 15.7. The van der Waals surface area contributed by atoms with E-state index in [4.69, 9.17) is 14.8 Å². The first-order valence-electron chi connectivity index (χ1n) is 10.4. The van der Waals surface area contributed by atoms with Crippen molar-refractivity contribution in [1.29, 1.82) is 0 Å². The Labute approximate surface area is 185 Å². The summed E-state index contributed by atoms with van der Waals surface area (Å²) in [4.78, 5) is 16.6. The summed E-state index contributed by atoms with van der Waals surface area (Å²) in [7, 11) is 0. The van der Waals surface area contributed by atoms with Gasteiger partial charge in [0, 0.05) is 41.9 Å². The van der Waals surface area contributed by atoms with Crippen LogP contribution in [-0.4, -0.2) is 52.0 Å². The van der Waals surface area contributed by atoms with Crippen LogP contribution in [0.3, 0.4) is 0 Å². The van der Waals surface area contributed by atoms with Crippen molar-refractivity contribution in [3.8, 4) is 22.4 Å². The van der Waals surface area contributed by atoms with Crippen molar-refractivity contribution in [2.24, 2.45) is 0 Å². The number of amides is 1. The zero-order valence-corrected chi connectivity index (χ0v) is 17.8. The number of benzene rings is 2. The molecule has 0 fully saturated rings. The molecule has 0 aliphatic rings. The third kappa shape index (κ3) is 4.77. The predicted molar refractivity (Wildman–Crippen MR) is 125 cm³/mol. The summed E-state index contributed by atoms with van der Waals surface area (Å²) in [6.45, 7) is 2.78. The standard InChI is InChI=1S/C24H25N5O3/c1-17(31)27-21-10-6-5-9-19(21)20-16-26-29-23(25-11-13-32-14-12-30)15-22(28-24(20)29)18-7-3-2-4-8-18/h2-10,15-16,25,30H,11-14H2,1H3,(H,27,31). The molecule has 3 N–H and O–H groups in total. The van der Waals surface area contributed by atoms with Crippen molar-refractivity contribution in [3.63, 3.8) is 0 Å². The number of aliphatic hydroxyl groups excluding tert-OH is 1. The fourth-order valence-electron chi connectivity index (χ4n) is 3.47. The zero-order valence-electron chi connectivity index (χ0n) is 17.8. The maximum Gasteiger partial charge on any atom is 0.221 e. The van der Waals surface area contributed by atoms with E-state index in [0.717, 1.165) is 28.2 Å². The van der Waals surface area contributed by atoms with Crippen molar-refractivity contribution >= 4 is 23.1 Å². The minimum atomic E-state index is -0.142. The largest absolute Gasteiger partial charge is 0.394 e. The van der Waals surface area contributed by atoms with E-state index in [1.807, 2.05) is 60.7 Å².